The number of hydrogen-bond acceptors (Lipinski definition) is 5. The summed E-state index contributed by atoms with van der Waals surface area (Å²) in [4.78, 5) is 10.7. The fourth-order valence-corrected chi connectivity index (χ4v) is 2.92. The molecule has 1 atom stereocenters. The quantitative estimate of drug-likeness (QED) is 0.732. The fraction of sp³-hybridized carbons (Fsp3) is 0.400. The number of ether oxygens (including phenoxy) is 1. The zero-order valence-corrected chi connectivity index (χ0v) is 10.0. The second kappa shape index (κ2) is 4.16. The summed E-state index contributed by atoms with van der Waals surface area (Å²) in [6, 6.07) is 2.00. The molecule has 2 aromatic heterocycles. The Hall–Kier alpha value is -0.910. The van der Waals surface area contributed by atoms with Gasteiger partial charge in [0.05, 0.1) is 23.4 Å². The minimum Gasteiger partial charge on any atom is -0.359 e. The van der Waals surface area contributed by atoms with Gasteiger partial charge in [0.2, 0.25) is 0 Å². The maximum atomic E-state index is 5.98. The van der Waals surface area contributed by atoms with Crippen LogP contribution in [-0.2, 0) is 4.74 Å². The molecular weight excluding hydrogens is 246 g/mol. The number of anilines is 1. The van der Waals surface area contributed by atoms with Crippen LogP contribution < -0.4 is 4.90 Å². The first-order valence-corrected chi connectivity index (χ1v) is 6.35. The summed E-state index contributed by atoms with van der Waals surface area (Å²) >= 11 is 7.64. The summed E-state index contributed by atoms with van der Waals surface area (Å²) in [5.41, 5.74) is 0.742. The molecule has 3 heterocycles. The zero-order chi connectivity index (χ0) is 11.0. The molecule has 1 aliphatic rings. The van der Waals surface area contributed by atoms with Crippen LogP contribution in [0.5, 0.6) is 0 Å². The fourth-order valence-electron chi connectivity index (χ4n) is 1.80. The van der Waals surface area contributed by atoms with Crippen LogP contribution in [0.4, 0.5) is 5.82 Å². The highest BCUT2D eigenvalue weighted by Gasteiger charge is 2.21. The minimum absolute atomic E-state index is 0.251. The van der Waals surface area contributed by atoms with Gasteiger partial charge in [-0.3, -0.25) is 0 Å². The molecule has 16 heavy (non-hydrogen) atoms. The lowest BCUT2D eigenvalue weighted by molar-refractivity contribution is 0.0932. The van der Waals surface area contributed by atoms with Crippen molar-refractivity contribution >= 4 is 39.0 Å². The average Bonchev–Trinajstić information content (AvgIpc) is 2.76. The predicted octanol–water partition coefficient (Wildman–Crippen LogP) is 2.09. The number of aromatic nitrogens is 2. The molecule has 0 saturated carbocycles. The highest BCUT2D eigenvalue weighted by atomic mass is 35.5. The SMILES string of the molecule is ClC1CN(c2ncnc3ccsc23)CCO1. The number of thiophene rings is 1. The first-order chi connectivity index (χ1) is 7.84. The Morgan fingerprint density at radius 1 is 1.50 bits per heavy atom. The Morgan fingerprint density at radius 2 is 2.44 bits per heavy atom. The molecule has 0 aromatic carbocycles. The van der Waals surface area contributed by atoms with Gasteiger partial charge in [-0.05, 0) is 11.4 Å². The van der Waals surface area contributed by atoms with Gasteiger partial charge in [-0.2, -0.15) is 0 Å². The molecular formula is C10H10ClN3OS. The van der Waals surface area contributed by atoms with Crippen LogP contribution in [0.2, 0.25) is 0 Å². The molecule has 1 fully saturated rings. The summed E-state index contributed by atoms with van der Waals surface area (Å²) in [5, 5.41) is 2.03. The van der Waals surface area contributed by atoms with E-state index in [2.05, 4.69) is 14.9 Å². The Morgan fingerprint density at radius 3 is 3.31 bits per heavy atom. The summed E-state index contributed by atoms with van der Waals surface area (Å²) in [7, 11) is 0. The third kappa shape index (κ3) is 1.75. The Kier molecular flexibility index (Phi) is 2.67. The van der Waals surface area contributed by atoms with Gasteiger partial charge in [-0.15, -0.1) is 11.3 Å². The third-order valence-corrected chi connectivity index (χ3v) is 3.71. The van der Waals surface area contributed by atoms with Crippen molar-refractivity contribution in [3.05, 3.63) is 17.8 Å². The van der Waals surface area contributed by atoms with Crippen molar-refractivity contribution in [2.24, 2.45) is 0 Å². The van der Waals surface area contributed by atoms with Crippen molar-refractivity contribution in [1.29, 1.82) is 0 Å². The normalized spacial score (nSPS) is 21.6. The van der Waals surface area contributed by atoms with E-state index in [0.29, 0.717) is 13.2 Å². The van der Waals surface area contributed by atoms with E-state index in [1.54, 1.807) is 17.7 Å². The molecule has 0 N–H and O–H groups in total. The van der Waals surface area contributed by atoms with Gasteiger partial charge in [0.1, 0.15) is 17.7 Å². The van der Waals surface area contributed by atoms with Crippen LogP contribution in [-0.4, -0.2) is 35.2 Å². The molecule has 1 saturated heterocycles. The summed E-state index contributed by atoms with van der Waals surface area (Å²) in [5.74, 6) is 0.967. The lowest BCUT2D eigenvalue weighted by Crippen LogP contribution is -2.40. The maximum absolute atomic E-state index is 5.98. The van der Waals surface area contributed by atoms with Crippen molar-refractivity contribution in [3.63, 3.8) is 0 Å². The van der Waals surface area contributed by atoms with Crippen molar-refractivity contribution in [2.45, 2.75) is 5.56 Å². The summed E-state index contributed by atoms with van der Waals surface area (Å²) in [6.45, 7) is 2.14. The average molecular weight is 256 g/mol. The van der Waals surface area contributed by atoms with Crippen molar-refractivity contribution in [1.82, 2.24) is 9.97 Å². The van der Waals surface area contributed by atoms with Gasteiger partial charge in [-0.25, -0.2) is 9.97 Å². The molecule has 4 nitrogen and oxygen atoms in total. The highest BCUT2D eigenvalue weighted by Crippen LogP contribution is 2.29. The maximum Gasteiger partial charge on any atom is 0.150 e. The predicted molar refractivity (Wildman–Crippen MR) is 65.2 cm³/mol. The van der Waals surface area contributed by atoms with E-state index >= 15 is 0 Å². The van der Waals surface area contributed by atoms with Crippen LogP contribution in [0, 0.1) is 0 Å². The topological polar surface area (TPSA) is 38.2 Å². The zero-order valence-electron chi connectivity index (χ0n) is 8.47. The first kappa shape index (κ1) is 10.3. The van der Waals surface area contributed by atoms with Crippen LogP contribution >= 0.6 is 22.9 Å². The number of nitrogens with zero attached hydrogens (tertiary/aromatic N) is 3. The van der Waals surface area contributed by atoms with Crippen LogP contribution in [0.25, 0.3) is 10.2 Å². The smallest absolute Gasteiger partial charge is 0.150 e. The molecule has 2 aromatic rings. The lowest BCUT2D eigenvalue weighted by atomic mass is 10.3. The molecule has 6 heteroatoms. The summed E-state index contributed by atoms with van der Waals surface area (Å²) < 4.78 is 6.43. The summed E-state index contributed by atoms with van der Waals surface area (Å²) in [6.07, 6.45) is 1.60. The number of rotatable bonds is 1. The largest absolute Gasteiger partial charge is 0.359 e. The van der Waals surface area contributed by atoms with Crippen molar-refractivity contribution in [2.75, 3.05) is 24.6 Å². The second-order valence-corrected chi connectivity index (χ2v) is 4.96. The van der Waals surface area contributed by atoms with Gasteiger partial charge in [0, 0.05) is 6.54 Å². The number of hydrogen-bond donors (Lipinski definition) is 0. The first-order valence-electron chi connectivity index (χ1n) is 5.03. The second-order valence-electron chi connectivity index (χ2n) is 3.56. The molecule has 0 amide bonds. The molecule has 84 valence electrons. The molecule has 0 spiro atoms. The van der Waals surface area contributed by atoms with E-state index in [9.17, 15) is 0 Å². The number of halogens is 1. The minimum atomic E-state index is -0.251. The highest BCUT2D eigenvalue weighted by molar-refractivity contribution is 7.17. The van der Waals surface area contributed by atoms with E-state index in [0.717, 1.165) is 22.6 Å². The molecule has 3 rings (SSSR count). The van der Waals surface area contributed by atoms with Gasteiger partial charge < -0.3 is 9.64 Å². The molecule has 1 aliphatic heterocycles. The molecule has 1 unspecified atom stereocenters. The third-order valence-electron chi connectivity index (χ3n) is 2.55. The Labute approximate surface area is 102 Å². The number of alkyl halides is 1. The monoisotopic (exact) mass is 255 g/mol. The van der Waals surface area contributed by atoms with Crippen LogP contribution in [0.15, 0.2) is 17.8 Å². The number of fused-ring (bicyclic) bond motifs is 1. The molecule has 0 aliphatic carbocycles. The van der Waals surface area contributed by atoms with Crippen molar-refractivity contribution in [3.8, 4) is 0 Å². The Bertz CT molecular complexity index is 504. The van der Waals surface area contributed by atoms with E-state index in [4.69, 9.17) is 16.3 Å². The van der Waals surface area contributed by atoms with Gasteiger partial charge in [0.25, 0.3) is 0 Å². The van der Waals surface area contributed by atoms with Gasteiger partial charge >= 0.3 is 0 Å². The van der Waals surface area contributed by atoms with Crippen LogP contribution in [0.3, 0.4) is 0 Å². The van der Waals surface area contributed by atoms with Gasteiger partial charge in [-0.1, -0.05) is 11.6 Å². The lowest BCUT2D eigenvalue weighted by Gasteiger charge is -2.30. The van der Waals surface area contributed by atoms with Crippen molar-refractivity contribution < 1.29 is 4.74 Å². The van der Waals surface area contributed by atoms with E-state index in [1.807, 2.05) is 11.4 Å². The van der Waals surface area contributed by atoms with E-state index in [-0.39, 0.29) is 5.56 Å². The van der Waals surface area contributed by atoms with Crippen LogP contribution in [0.1, 0.15) is 0 Å². The molecule has 0 bridgehead atoms. The number of morpholine rings is 1. The molecule has 0 radical (unpaired) electrons. The Balaban J connectivity index is 2.01. The van der Waals surface area contributed by atoms with E-state index in [1.165, 1.54) is 0 Å². The standard InChI is InChI=1S/C10H10ClN3OS/c11-8-5-14(2-3-15-8)10-9-7(1-4-16-9)12-6-13-10/h1,4,6,8H,2-3,5H2. The van der Waals surface area contributed by atoms with Gasteiger partial charge in [0.15, 0.2) is 0 Å². The van der Waals surface area contributed by atoms with E-state index < -0.39 is 0 Å².